The molecule has 8 nitrogen and oxygen atoms in total. The number of quaternary nitrogens is 1. The second-order valence-corrected chi connectivity index (χ2v) is 17.7. The molecule has 0 saturated carbocycles. The highest BCUT2D eigenvalue weighted by Crippen LogP contribution is 2.15. The van der Waals surface area contributed by atoms with Crippen molar-refractivity contribution in [3.63, 3.8) is 0 Å². The van der Waals surface area contributed by atoms with Gasteiger partial charge in [0.15, 0.2) is 6.10 Å². The lowest BCUT2D eigenvalue weighted by Crippen LogP contribution is -2.55. The number of aliphatic carboxylic acids is 1. The van der Waals surface area contributed by atoms with Gasteiger partial charge in [0.05, 0.1) is 40.3 Å². The molecule has 0 amide bonds. The Morgan fingerprint density at radius 2 is 0.949 bits per heavy atom. The molecule has 0 bridgehead atoms. The fourth-order valence-electron chi connectivity index (χ4n) is 7.22. The molecule has 0 aromatic rings. The molecule has 0 N–H and O–H groups in total. The molecule has 0 saturated heterocycles. The van der Waals surface area contributed by atoms with Crippen LogP contribution >= 0.6 is 0 Å². The zero-order valence-electron chi connectivity index (χ0n) is 39.2. The minimum atomic E-state index is -1.13. The van der Waals surface area contributed by atoms with Gasteiger partial charge in [-0.1, -0.05) is 172 Å². The smallest absolute Gasteiger partial charge is 0.306 e. The number of carbonyl (C=O) groups excluding carboxylic acids is 3. The monoisotopic (exact) mass is 832 g/mol. The predicted octanol–water partition coefficient (Wildman–Crippen LogP) is 12.5. The average molecular weight is 832 g/mol. The maximum Gasteiger partial charge on any atom is 0.306 e. The summed E-state index contributed by atoms with van der Waals surface area (Å²) in [5, 5.41) is 11.6. The third-order valence-electron chi connectivity index (χ3n) is 11.0. The molecule has 0 aromatic carbocycles. The van der Waals surface area contributed by atoms with E-state index in [4.69, 9.17) is 14.2 Å². The van der Waals surface area contributed by atoms with Crippen LogP contribution in [0, 0.1) is 0 Å². The molecule has 0 fully saturated rings. The van der Waals surface area contributed by atoms with E-state index in [0.29, 0.717) is 12.8 Å². The first-order valence-electron chi connectivity index (χ1n) is 24.5. The van der Waals surface area contributed by atoms with E-state index in [-0.39, 0.29) is 42.7 Å². The van der Waals surface area contributed by atoms with Crippen LogP contribution in [-0.4, -0.2) is 75.5 Å². The Hall–Kier alpha value is -2.45. The number of hydrogen-bond donors (Lipinski definition) is 0. The quantitative estimate of drug-likeness (QED) is 0.0261. The normalized spacial score (nSPS) is 13.2. The number of esters is 2. The summed E-state index contributed by atoms with van der Waals surface area (Å²) in [5.74, 6) is -1.75. The van der Waals surface area contributed by atoms with Crippen LogP contribution in [0.15, 0.2) is 36.5 Å². The first kappa shape index (κ1) is 56.5. The van der Waals surface area contributed by atoms with Crippen LogP contribution in [0.2, 0.25) is 0 Å². The first-order valence-corrected chi connectivity index (χ1v) is 24.5. The van der Waals surface area contributed by atoms with Crippen molar-refractivity contribution in [1.29, 1.82) is 0 Å². The molecule has 0 aliphatic heterocycles. The average Bonchev–Trinajstić information content (AvgIpc) is 3.19. The summed E-state index contributed by atoms with van der Waals surface area (Å²) in [6.07, 6.45) is 48.9. The van der Waals surface area contributed by atoms with E-state index < -0.39 is 18.1 Å². The van der Waals surface area contributed by atoms with Crippen LogP contribution in [0.5, 0.6) is 0 Å². The standard InChI is InChI=1S/C51H93NO7/c1-6-8-10-12-14-16-18-20-22-23-24-25-26-27-28-30-32-34-36-38-40-42-50(54)59-47(45-57-44-43-48(51(55)56)52(3,4)5)46-58-49(53)41-39-37-35-33-31-29-21-19-17-15-13-11-9-7-2/h8,10,14,16,29,31,47-48H,6-7,9,11-13,15,17-28,30,32-46H2,1-5H3/b10-8+,16-14+,31-29+. The van der Waals surface area contributed by atoms with Gasteiger partial charge in [-0.3, -0.25) is 9.59 Å². The molecule has 344 valence electrons. The summed E-state index contributed by atoms with van der Waals surface area (Å²) in [6.45, 7) is 4.56. The Labute approximate surface area is 364 Å². The first-order chi connectivity index (χ1) is 28.6. The van der Waals surface area contributed by atoms with Gasteiger partial charge in [0, 0.05) is 19.3 Å². The lowest BCUT2D eigenvalue weighted by molar-refractivity contribution is -0.889. The van der Waals surface area contributed by atoms with Crippen molar-refractivity contribution in [3.05, 3.63) is 36.5 Å². The molecule has 0 rings (SSSR count). The minimum absolute atomic E-state index is 0.0383. The van der Waals surface area contributed by atoms with Gasteiger partial charge in [-0.2, -0.15) is 0 Å². The van der Waals surface area contributed by atoms with Crippen molar-refractivity contribution in [3.8, 4) is 0 Å². The van der Waals surface area contributed by atoms with E-state index in [1.165, 1.54) is 122 Å². The molecule has 0 heterocycles. The van der Waals surface area contributed by atoms with Gasteiger partial charge in [0.2, 0.25) is 0 Å². The lowest BCUT2D eigenvalue weighted by Gasteiger charge is -2.34. The van der Waals surface area contributed by atoms with Crippen molar-refractivity contribution in [2.45, 2.75) is 231 Å². The molecule has 8 heteroatoms. The highest BCUT2D eigenvalue weighted by Gasteiger charge is 2.25. The van der Waals surface area contributed by atoms with Gasteiger partial charge in [-0.05, 0) is 64.2 Å². The van der Waals surface area contributed by atoms with E-state index in [1.54, 1.807) is 21.1 Å². The lowest BCUT2D eigenvalue weighted by atomic mass is 10.0. The summed E-state index contributed by atoms with van der Waals surface area (Å²) < 4.78 is 17.2. The SMILES string of the molecule is CC/C=C/C/C=C/CCCCCCCCCCCCCCCCC(=O)OC(COCCC(C(=O)[O-])[N+](C)(C)C)COC(=O)CCCCC/C=C/CCCCCCCCC. The largest absolute Gasteiger partial charge is 0.544 e. The van der Waals surface area contributed by atoms with Crippen LogP contribution in [0.4, 0.5) is 0 Å². The maximum absolute atomic E-state index is 12.8. The van der Waals surface area contributed by atoms with Crippen molar-refractivity contribution in [2.75, 3.05) is 41.0 Å². The van der Waals surface area contributed by atoms with Gasteiger partial charge in [-0.25, -0.2) is 0 Å². The molecule has 59 heavy (non-hydrogen) atoms. The van der Waals surface area contributed by atoms with Gasteiger partial charge >= 0.3 is 11.9 Å². The summed E-state index contributed by atoms with van der Waals surface area (Å²) in [5.41, 5.74) is 0. The topological polar surface area (TPSA) is 102 Å². The molecule has 0 aromatic heterocycles. The molecule has 0 aliphatic rings. The number of carboxylic acids is 1. The highest BCUT2D eigenvalue weighted by molar-refractivity contribution is 5.70. The summed E-state index contributed by atoms with van der Waals surface area (Å²) in [6, 6.07) is -0.726. The molecule has 2 unspecified atom stereocenters. The van der Waals surface area contributed by atoms with Gasteiger partial charge < -0.3 is 28.6 Å². The van der Waals surface area contributed by atoms with E-state index in [9.17, 15) is 19.5 Å². The second kappa shape index (κ2) is 42.2. The minimum Gasteiger partial charge on any atom is -0.544 e. The number of ether oxygens (including phenoxy) is 3. The summed E-state index contributed by atoms with van der Waals surface area (Å²) in [7, 11) is 5.41. The molecular formula is C51H93NO7. The molecule has 0 spiro atoms. The Morgan fingerprint density at radius 3 is 1.42 bits per heavy atom. The number of hydrogen-bond acceptors (Lipinski definition) is 7. The third kappa shape index (κ3) is 40.7. The number of carboxylic acid groups (broad SMARTS) is 1. The number of allylic oxidation sites excluding steroid dienone is 6. The van der Waals surface area contributed by atoms with Gasteiger partial charge in [0.1, 0.15) is 12.6 Å². The Kier molecular flexibility index (Phi) is 40.5. The fraction of sp³-hybridized carbons (Fsp3) is 0.824. The number of unbranched alkanes of at least 4 members (excludes halogenated alkanes) is 24. The van der Waals surface area contributed by atoms with E-state index in [2.05, 4.69) is 50.3 Å². The van der Waals surface area contributed by atoms with E-state index in [1.807, 2.05) is 0 Å². The number of rotatable bonds is 44. The number of likely N-dealkylation sites (N-methyl/N-ethyl adjacent to an activating group) is 1. The molecule has 0 radical (unpaired) electrons. The van der Waals surface area contributed by atoms with Crippen LogP contribution in [0.1, 0.15) is 219 Å². The molecular weight excluding hydrogens is 739 g/mol. The highest BCUT2D eigenvalue weighted by atomic mass is 16.6. The van der Waals surface area contributed by atoms with E-state index >= 15 is 0 Å². The maximum atomic E-state index is 12.8. The zero-order valence-corrected chi connectivity index (χ0v) is 39.2. The van der Waals surface area contributed by atoms with Crippen LogP contribution in [0.3, 0.4) is 0 Å². The van der Waals surface area contributed by atoms with Crippen LogP contribution in [-0.2, 0) is 28.6 Å². The molecule has 2 atom stereocenters. The van der Waals surface area contributed by atoms with Gasteiger partial charge in [-0.15, -0.1) is 0 Å². The third-order valence-corrected chi connectivity index (χ3v) is 11.0. The van der Waals surface area contributed by atoms with Crippen molar-refractivity contribution in [2.24, 2.45) is 0 Å². The Balaban J connectivity index is 4.24. The van der Waals surface area contributed by atoms with Crippen molar-refractivity contribution in [1.82, 2.24) is 0 Å². The Morgan fingerprint density at radius 1 is 0.525 bits per heavy atom. The van der Waals surface area contributed by atoms with Crippen molar-refractivity contribution < 1.29 is 38.2 Å². The summed E-state index contributed by atoms with van der Waals surface area (Å²) in [4.78, 5) is 36.9. The summed E-state index contributed by atoms with van der Waals surface area (Å²) >= 11 is 0. The van der Waals surface area contributed by atoms with Crippen molar-refractivity contribution >= 4 is 17.9 Å². The zero-order chi connectivity index (χ0) is 43.5. The van der Waals surface area contributed by atoms with Crippen LogP contribution < -0.4 is 5.11 Å². The van der Waals surface area contributed by atoms with E-state index in [0.717, 1.165) is 64.2 Å². The Bertz CT molecular complexity index is 1060. The fourth-order valence-corrected chi connectivity index (χ4v) is 7.22. The van der Waals surface area contributed by atoms with Crippen LogP contribution in [0.25, 0.3) is 0 Å². The molecule has 0 aliphatic carbocycles. The number of nitrogens with zero attached hydrogens (tertiary/aromatic N) is 1. The second-order valence-electron chi connectivity index (χ2n) is 17.7. The number of carbonyl (C=O) groups is 3. The van der Waals surface area contributed by atoms with Gasteiger partial charge in [0.25, 0.3) is 0 Å². The predicted molar refractivity (Wildman–Crippen MR) is 245 cm³/mol.